The minimum absolute atomic E-state index is 0.0466. The van der Waals surface area contributed by atoms with Crippen molar-refractivity contribution in [1.82, 2.24) is 0 Å². The van der Waals surface area contributed by atoms with Crippen molar-refractivity contribution in [3.63, 3.8) is 0 Å². The molecule has 15 heavy (non-hydrogen) atoms. The Morgan fingerprint density at radius 2 is 1.67 bits per heavy atom. The molecule has 0 rings (SSSR count). The van der Waals surface area contributed by atoms with Crippen LogP contribution in [-0.4, -0.2) is 40.0 Å². The number of ether oxygens (including phenoxy) is 1. The highest BCUT2D eigenvalue weighted by Crippen LogP contribution is 2.23. The van der Waals surface area contributed by atoms with Crippen LogP contribution in [-0.2, 0) is 14.3 Å². The van der Waals surface area contributed by atoms with E-state index in [2.05, 4.69) is 0 Å². The van der Waals surface area contributed by atoms with Crippen molar-refractivity contribution in [1.29, 1.82) is 0 Å². The molecule has 0 aromatic rings. The fourth-order valence-corrected chi connectivity index (χ4v) is 1.18. The summed E-state index contributed by atoms with van der Waals surface area (Å²) in [6, 6.07) is 0. The Bertz CT molecular complexity index is 270. The zero-order valence-corrected chi connectivity index (χ0v) is 8.69. The third-order valence-electron chi connectivity index (χ3n) is 2.29. The highest BCUT2D eigenvalue weighted by Gasteiger charge is 2.57. The first-order valence-corrected chi connectivity index (χ1v) is 4.44. The second-order valence-corrected chi connectivity index (χ2v) is 3.10. The molecule has 6 N–H and O–H groups in total. The first kappa shape index (κ1) is 13.8. The van der Waals surface area contributed by atoms with Gasteiger partial charge in [-0.05, 0) is 13.3 Å². The molecule has 0 heterocycles. The van der Waals surface area contributed by atoms with E-state index in [0.717, 1.165) is 0 Å². The molecule has 7 heteroatoms. The number of carbonyl (C=O) groups is 2. The third kappa shape index (κ3) is 2.09. The number of hydrogen-bond donors (Lipinski definition) is 4. The molecule has 0 fully saturated rings. The summed E-state index contributed by atoms with van der Waals surface area (Å²) in [7, 11) is 0. The van der Waals surface area contributed by atoms with Crippen molar-refractivity contribution in [2.45, 2.75) is 31.5 Å². The van der Waals surface area contributed by atoms with Crippen LogP contribution in [0, 0.1) is 0 Å². The molecule has 7 nitrogen and oxygen atoms in total. The van der Waals surface area contributed by atoms with E-state index in [1.807, 2.05) is 0 Å². The fourth-order valence-electron chi connectivity index (χ4n) is 1.18. The first-order chi connectivity index (χ1) is 6.76. The molecule has 0 aliphatic carbocycles. The van der Waals surface area contributed by atoms with E-state index in [9.17, 15) is 9.59 Å². The van der Waals surface area contributed by atoms with Crippen LogP contribution < -0.4 is 11.5 Å². The Labute approximate surface area is 87.0 Å². The van der Waals surface area contributed by atoms with Crippen molar-refractivity contribution in [3.8, 4) is 0 Å². The van der Waals surface area contributed by atoms with E-state index in [4.69, 9.17) is 26.4 Å². The van der Waals surface area contributed by atoms with Gasteiger partial charge in [-0.3, -0.25) is 10.5 Å². The van der Waals surface area contributed by atoms with E-state index in [1.54, 1.807) is 0 Å². The molecular weight excluding hydrogens is 204 g/mol. The largest absolute Gasteiger partial charge is 0.480 e. The van der Waals surface area contributed by atoms with Crippen molar-refractivity contribution >= 4 is 11.9 Å². The maximum absolute atomic E-state index is 10.9. The van der Waals surface area contributed by atoms with Crippen LogP contribution >= 0.6 is 0 Å². The zero-order valence-electron chi connectivity index (χ0n) is 8.69. The van der Waals surface area contributed by atoms with Crippen LogP contribution in [0.15, 0.2) is 0 Å². The standard InChI is InChI=1S/C8H16N2O5/c1-3-7(9,5(11)12)8(10,6(13)14)15-4-2/h3-4,9-10H2,1-2H3,(H,11,12)(H,13,14). The lowest BCUT2D eigenvalue weighted by molar-refractivity contribution is -0.185. The summed E-state index contributed by atoms with van der Waals surface area (Å²) >= 11 is 0. The predicted molar refractivity (Wildman–Crippen MR) is 51.0 cm³/mol. The van der Waals surface area contributed by atoms with Gasteiger partial charge in [0.15, 0.2) is 5.54 Å². The fraction of sp³-hybridized carbons (Fsp3) is 0.750. The number of rotatable bonds is 6. The first-order valence-electron chi connectivity index (χ1n) is 4.44. The minimum Gasteiger partial charge on any atom is -0.480 e. The molecule has 0 aromatic heterocycles. The normalized spacial score (nSPS) is 18.9. The van der Waals surface area contributed by atoms with Gasteiger partial charge in [-0.25, -0.2) is 4.79 Å². The number of hydrogen-bond acceptors (Lipinski definition) is 5. The summed E-state index contributed by atoms with van der Waals surface area (Å²) < 4.78 is 4.78. The molecule has 0 radical (unpaired) electrons. The summed E-state index contributed by atoms with van der Waals surface area (Å²) in [4.78, 5) is 21.9. The van der Waals surface area contributed by atoms with Gasteiger partial charge in [-0.15, -0.1) is 0 Å². The van der Waals surface area contributed by atoms with Gasteiger partial charge in [0.2, 0.25) is 5.72 Å². The van der Waals surface area contributed by atoms with Gasteiger partial charge in [0.05, 0.1) is 0 Å². The van der Waals surface area contributed by atoms with Crippen molar-refractivity contribution in [3.05, 3.63) is 0 Å². The summed E-state index contributed by atoms with van der Waals surface area (Å²) in [5.41, 5.74) is 6.30. The van der Waals surface area contributed by atoms with Crippen molar-refractivity contribution in [2.75, 3.05) is 6.61 Å². The number of carboxylic acid groups (broad SMARTS) is 2. The lowest BCUT2D eigenvalue weighted by Crippen LogP contribution is -2.74. The second kappa shape index (κ2) is 4.56. The van der Waals surface area contributed by atoms with E-state index in [0.29, 0.717) is 0 Å². The average Bonchev–Trinajstić information content (AvgIpc) is 2.15. The van der Waals surface area contributed by atoms with Gasteiger partial charge in [0, 0.05) is 6.61 Å². The smallest absolute Gasteiger partial charge is 0.353 e. The molecule has 0 bridgehead atoms. The molecule has 0 aromatic carbocycles. The summed E-state index contributed by atoms with van der Waals surface area (Å²) in [5, 5.41) is 17.8. The van der Waals surface area contributed by atoms with Gasteiger partial charge in [-0.2, -0.15) is 0 Å². The lowest BCUT2D eigenvalue weighted by Gasteiger charge is -2.37. The van der Waals surface area contributed by atoms with Crippen molar-refractivity contribution < 1.29 is 24.5 Å². The van der Waals surface area contributed by atoms with Gasteiger partial charge in [0.1, 0.15) is 0 Å². The number of nitrogens with two attached hydrogens (primary N) is 2. The topological polar surface area (TPSA) is 136 Å². The molecule has 0 aliphatic rings. The third-order valence-corrected chi connectivity index (χ3v) is 2.29. The van der Waals surface area contributed by atoms with Crippen LogP contribution in [0.3, 0.4) is 0 Å². The Morgan fingerprint density at radius 1 is 1.20 bits per heavy atom. The average molecular weight is 220 g/mol. The summed E-state index contributed by atoms with van der Waals surface area (Å²) in [6.07, 6.45) is -0.162. The molecule has 0 spiro atoms. The minimum atomic E-state index is -2.43. The molecule has 0 saturated carbocycles. The lowest BCUT2D eigenvalue weighted by atomic mass is 9.85. The Balaban J connectivity index is 5.39. The molecule has 2 atom stereocenters. The van der Waals surface area contributed by atoms with Crippen LogP contribution in [0.5, 0.6) is 0 Å². The molecule has 0 saturated heterocycles. The SMILES string of the molecule is CCOC(N)(C(=O)O)C(N)(CC)C(=O)O. The van der Waals surface area contributed by atoms with E-state index < -0.39 is 23.2 Å². The summed E-state index contributed by atoms with van der Waals surface area (Å²) in [5.74, 6) is -3.11. The quantitative estimate of drug-likeness (QED) is 0.419. The molecule has 88 valence electrons. The van der Waals surface area contributed by atoms with Crippen molar-refractivity contribution in [2.24, 2.45) is 11.5 Å². The summed E-state index contributed by atoms with van der Waals surface area (Å²) in [6.45, 7) is 2.88. The maximum Gasteiger partial charge on any atom is 0.353 e. The van der Waals surface area contributed by atoms with Gasteiger partial charge in [-0.1, -0.05) is 6.92 Å². The highest BCUT2D eigenvalue weighted by atomic mass is 16.5. The maximum atomic E-state index is 10.9. The van der Waals surface area contributed by atoms with Gasteiger partial charge >= 0.3 is 11.9 Å². The van der Waals surface area contributed by atoms with E-state index in [1.165, 1.54) is 13.8 Å². The molecule has 0 amide bonds. The molecule has 0 aliphatic heterocycles. The van der Waals surface area contributed by atoms with E-state index in [-0.39, 0.29) is 13.0 Å². The van der Waals surface area contributed by atoms with Crippen LogP contribution in [0.1, 0.15) is 20.3 Å². The predicted octanol–water partition coefficient (Wildman–Crippen LogP) is -1.05. The van der Waals surface area contributed by atoms with Crippen LogP contribution in [0.2, 0.25) is 0 Å². The molecule has 2 unspecified atom stereocenters. The number of aliphatic carboxylic acids is 2. The van der Waals surface area contributed by atoms with Crippen LogP contribution in [0.4, 0.5) is 0 Å². The Hall–Kier alpha value is -1.18. The zero-order chi connectivity index (χ0) is 12.3. The highest BCUT2D eigenvalue weighted by molar-refractivity contribution is 5.91. The van der Waals surface area contributed by atoms with E-state index >= 15 is 0 Å². The number of carboxylic acids is 2. The monoisotopic (exact) mass is 220 g/mol. The second-order valence-electron chi connectivity index (χ2n) is 3.10. The van der Waals surface area contributed by atoms with Crippen LogP contribution in [0.25, 0.3) is 0 Å². The van der Waals surface area contributed by atoms with Gasteiger partial charge in [0.25, 0.3) is 0 Å². The molecular formula is C8H16N2O5. The van der Waals surface area contributed by atoms with Gasteiger partial charge < -0.3 is 20.7 Å². The Morgan fingerprint density at radius 3 is 1.87 bits per heavy atom. The Kier molecular flexibility index (Phi) is 4.20.